The number of carbonyl (C=O) groups excluding carboxylic acids is 4. The van der Waals surface area contributed by atoms with Gasteiger partial charge in [0, 0.05) is 12.8 Å². The highest BCUT2D eigenvalue weighted by atomic mass is 16.6. The van der Waals surface area contributed by atoms with Gasteiger partial charge in [-0.25, -0.2) is 4.79 Å². The summed E-state index contributed by atoms with van der Waals surface area (Å²) in [6.45, 7) is 9.14. The molecule has 0 radical (unpaired) electrons. The monoisotopic (exact) mass is 569 g/mol. The van der Waals surface area contributed by atoms with E-state index in [0.717, 1.165) is 12.8 Å². The summed E-state index contributed by atoms with van der Waals surface area (Å²) in [5.41, 5.74) is 5.91. The van der Waals surface area contributed by atoms with Crippen LogP contribution in [0.4, 0.5) is 0 Å². The molecule has 4 atom stereocenters. The van der Waals surface area contributed by atoms with Crippen molar-refractivity contribution < 1.29 is 38.1 Å². The van der Waals surface area contributed by atoms with Crippen molar-refractivity contribution in [1.82, 2.24) is 0 Å². The smallest absolute Gasteiger partial charge is 0.338 e. The first-order valence-electron chi connectivity index (χ1n) is 14.1. The molecule has 2 N–H and O–H groups in total. The molecule has 224 valence electrons. The highest BCUT2D eigenvalue weighted by Gasteiger charge is 2.38. The van der Waals surface area contributed by atoms with Crippen molar-refractivity contribution in [2.75, 3.05) is 7.11 Å². The number of benzene rings is 2. The largest absolute Gasteiger partial charge is 0.468 e. The molecule has 0 aliphatic rings. The Morgan fingerprint density at radius 1 is 0.829 bits per heavy atom. The van der Waals surface area contributed by atoms with Crippen molar-refractivity contribution in [1.29, 1.82) is 0 Å². The van der Waals surface area contributed by atoms with E-state index in [1.807, 2.05) is 13.8 Å². The zero-order valence-electron chi connectivity index (χ0n) is 24.9. The Balaban J connectivity index is 2.33. The lowest BCUT2D eigenvalue weighted by Crippen LogP contribution is -2.53. The molecule has 41 heavy (non-hydrogen) atoms. The number of methoxy groups -OCH3 is 1. The van der Waals surface area contributed by atoms with Crippen LogP contribution in [0, 0.1) is 11.8 Å². The summed E-state index contributed by atoms with van der Waals surface area (Å²) in [6, 6.07) is 13.2. The van der Waals surface area contributed by atoms with Crippen LogP contribution >= 0.6 is 0 Å². The van der Waals surface area contributed by atoms with E-state index in [1.54, 1.807) is 57.2 Å². The fourth-order valence-electron chi connectivity index (χ4n) is 4.52. The third-order valence-electron chi connectivity index (χ3n) is 6.76. The molecule has 2 aromatic rings. The van der Waals surface area contributed by atoms with Gasteiger partial charge in [-0.15, -0.1) is 0 Å². The molecule has 0 heterocycles. The molecule has 0 aliphatic heterocycles. The second-order valence-electron chi connectivity index (χ2n) is 10.6. The number of carbonyl (C=O) groups is 4. The Morgan fingerprint density at radius 2 is 1.39 bits per heavy atom. The van der Waals surface area contributed by atoms with Crippen LogP contribution in [0.2, 0.25) is 0 Å². The van der Waals surface area contributed by atoms with E-state index >= 15 is 0 Å². The van der Waals surface area contributed by atoms with Crippen LogP contribution < -0.4 is 15.2 Å². The Kier molecular flexibility index (Phi) is 13.0. The number of esters is 4. The van der Waals surface area contributed by atoms with E-state index in [-0.39, 0.29) is 36.2 Å². The highest BCUT2D eigenvalue weighted by Crippen LogP contribution is 2.32. The van der Waals surface area contributed by atoms with Crippen LogP contribution in [-0.2, 0) is 30.3 Å². The summed E-state index contributed by atoms with van der Waals surface area (Å²) < 4.78 is 21.8. The minimum atomic E-state index is -1.57. The predicted molar refractivity (Wildman–Crippen MR) is 154 cm³/mol. The Morgan fingerprint density at radius 3 is 1.93 bits per heavy atom. The standard InChI is InChI=1S/C32H43NO8/c1-7-12-21(3)28(34)40-26-17-16-24(18-27(26)41-29(35)22(4)13-8-2)20-32(33,31(37)38-6)19-23(5)39-30(36)25-14-10-9-11-15-25/h9-11,14-18,21-23H,7-8,12-13,19-20,33H2,1-6H3/t21?,22?,23?,32-/m1/s1. The van der Waals surface area contributed by atoms with Gasteiger partial charge in [0.1, 0.15) is 11.6 Å². The van der Waals surface area contributed by atoms with Gasteiger partial charge in [-0.1, -0.05) is 64.8 Å². The van der Waals surface area contributed by atoms with Gasteiger partial charge in [0.05, 0.1) is 24.5 Å². The molecule has 0 fully saturated rings. The summed E-state index contributed by atoms with van der Waals surface area (Å²) in [5.74, 6) is -2.67. The lowest BCUT2D eigenvalue weighted by molar-refractivity contribution is -0.148. The van der Waals surface area contributed by atoms with E-state index < -0.39 is 35.5 Å². The first-order valence-corrected chi connectivity index (χ1v) is 14.1. The third kappa shape index (κ3) is 10.0. The normalized spacial score (nSPS) is 14.6. The molecular weight excluding hydrogens is 526 g/mol. The molecule has 0 saturated carbocycles. The van der Waals surface area contributed by atoms with Crippen LogP contribution in [0.5, 0.6) is 11.5 Å². The van der Waals surface area contributed by atoms with Crippen LogP contribution in [0.3, 0.4) is 0 Å². The maximum absolute atomic E-state index is 12.9. The number of nitrogens with two attached hydrogens (primary N) is 1. The molecule has 0 bridgehead atoms. The average Bonchev–Trinajstić information content (AvgIpc) is 2.94. The lowest BCUT2D eigenvalue weighted by Gasteiger charge is -2.29. The SMILES string of the molecule is CCCC(C)C(=O)Oc1ccc(C[C@](N)(CC(C)OC(=O)c2ccccc2)C(=O)OC)cc1OC(=O)C(C)CCC. The minimum Gasteiger partial charge on any atom is -0.468 e. The van der Waals surface area contributed by atoms with Gasteiger partial charge in [0.2, 0.25) is 0 Å². The van der Waals surface area contributed by atoms with E-state index in [2.05, 4.69) is 0 Å². The van der Waals surface area contributed by atoms with Gasteiger partial charge in [0.15, 0.2) is 11.5 Å². The van der Waals surface area contributed by atoms with Gasteiger partial charge in [-0.2, -0.15) is 0 Å². The van der Waals surface area contributed by atoms with Crippen molar-refractivity contribution in [2.24, 2.45) is 17.6 Å². The van der Waals surface area contributed by atoms with E-state index in [4.69, 9.17) is 24.7 Å². The predicted octanol–water partition coefficient (Wildman–Crippen LogP) is 5.42. The van der Waals surface area contributed by atoms with Crippen LogP contribution in [0.25, 0.3) is 0 Å². The molecule has 0 saturated heterocycles. The average molecular weight is 570 g/mol. The van der Waals surface area contributed by atoms with Gasteiger partial charge in [-0.3, -0.25) is 14.4 Å². The van der Waals surface area contributed by atoms with Crippen LogP contribution in [0.1, 0.15) is 82.6 Å². The maximum atomic E-state index is 12.9. The van der Waals surface area contributed by atoms with Crippen molar-refractivity contribution >= 4 is 23.9 Å². The zero-order valence-corrected chi connectivity index (χ0v) is 24.9. The van der Waals surface area contributed by atoms with Gasteiger partial charge in [-0.05, 0) is 49.6 Å². The molecule has 0 amide bonds. The summed E-state index contributed by atoms with van der Waals surface area (Å²) in [7, 11) is 1.23. The summed E-state index contributed by atoms with van der Waals surface area (Å²) in [6.07, 6.45) is 2.12. The van der Waals surface area contributed by atoms with Gasteiger partial charge in [0.25, 0.3) is 0 Å². The lowest BCUT2D eigenvalue weighted by atomic mass is 9.86. The Hall–Kier alpha value is -3.72. The summed E-state index contributed by atoms with van der Waals surface area (Å²) >= 11 is 0. The van der Waals surface area contributed by atoms with Crippen molar-refractivity contribution in [3.8, 4) is 11.5 Å². The van der Waals surface area contributed by atoms with Crippen molar-refractivity contribution in [3.05, 3.63) is 59.7 Å². The topological polar surface area (TPSA) is 131 Å². The van der Waals surface area contributed by atoms with Crippen molar-refractivity contribution in [3.63, 3.8) is 0 Å². The minimum absolute atomic E-state index is 0.0254. The first kappa shape index (κ1) is 33.5. The summed E-state index contributed by atoms with van der Waals surface area (Å²) in [5, 5.41) is 0. The fraction of sp³-hybridized carbons (Fsp3) is 0.500. The molecule has 2 aromatic carbocycles. The fourth-order valence-corrected chi connectivity index (χ4v) is 4.52. The molecule has 0 aromatic heterocycles. The Labute approximate surface area is 242 Å². The number of ether oxygens (including phenoxy) is 4. The molecular formula is C32H43NO8. The van der Waals surface area contributed by atoms with Crippen LogP contribution in [0.15, 0.2) is 48.5 Å². The van der Waals surface area contributed by atoms with E-state index in [1.165, 1.54) is 19.2 Å². The van der Waals surface area contributed by atoms with E-state index in [9.17, 15) is 19.2 Å². The molecule has 0 spiro atoms. The maximum Gasteiger partial charge on any atom is 0.338 e. The quantitative estimate of drug-likeness (QED) is 0.221. The molecule has 3 unspecified atom stereocenters. The molecule has 9 heteroatoms. The number of hydrogen-bond acceptors (Lipinski definition) is 9. The highest BCUT2D eigenvalue weighted by molar-refractivity contribution is 5.89. The third-order valence-corrected chi connectivity index (χ3v) is 6.76. The Bertz CT molecular complexity index is 1180. The second kappa shape index (κ2) is 15.9. The number of rotatable bonds is 15. The summed E-state index contributed by atoms with van der Waals surface area (Å²) in [4.78, 5) is 50.8. The molecule has 9 nitrogen and oxygen atoms in total. The molecule has 0 aliphatic carbocycles. The van der Waals surface area contributed by atoms with Crippen molar-refractivity contribution in [2.45, 2.75) is 84.8 Å². The molecule has 2 rings (SSSR count). The van der Waals surface area contributed by atoms with Gasteiger partial charge >= 0.3 is 23.9 Å². The first-order chi connectivity index (χ1) is 19.4. The van der Waals surface area contributed by atoms with Crippen LogP contribution in [-0.4, -0.2) is 42.6 Å². The van der Waals surface area contributed by atoms with E-state index in [0.29, 0.717) is 24.0 Å². The van der Waals surface area contributed by atoms with Gasteiger partial charge < -0.3 is 24.7 Å². The second-order valence-corrected chi connectivity index (χ2v) is 10.6. The zero-order chi connectivity index (χ0) is 30.6. The number of hydrogen-bond donors (Lipinski definition) is 1.